The van der Waals surface area contributed by atoms with Gasteiger partial charge in [0.25, 0.3) is 0 Å². The number of hydrogen-bond donors (Lipinski definition) is 4. The van der Waals surface area contributed by atoms with E-state index in [2.05, 4.69) is 16.2 Å². The van der Waals surface area contributed by atoms with E-state index in [9.17, 15) is 9.59 Å². The van der Waals surface area contributed by atoms with Gasteiger partial charge >= 0.3 is 0 Å². The highest BCUT2D eigenvalue weighted by Crippen LogP contribution is 2.14. The van der Waals surface area contributed by atoms with Crippen LogP contribution < -0.4 is 26.6 Å². The van der Waals surface area contributed by atoms with Crippen molar-refractivity contribution in [3.05, 3.63) is 29.8 Å². The average Bonchev–Trinajstić information content (AvgIpc) is 2.93. The highest BCUT2D eigenvalue weighted by molar-refractivity contribution is 5.85. The minimum Gasteiger partial charge on any atom is -0.497 e. The molecule has 24 heavy (non-hydrogen) atoms. The smallest absolute Gasteiger partial charge is 0.249 e. The van der Waals surface area contributed by atoms with Crippen molar-refractivity contribution >= 4 is 11.8 Å². The maximum Gasteiger partial charge on any atom is 0.249 e. The van der Waals surface area contributed by atoms with E-state index in [-0.39, 0.29) is 18.6 Å². The van der Waals surface area contributed by atoms with Crippen molar-refractivity contribution in [1.82, 2.24) is 16.2 Å². The van der Waals surface area contributed by atoms with Crippen molar-refractivity contribution in [2.75, 3.05) is 7.11 Å². The molecule has 0 radical (unpaired) electrons. The zero-order valence-corrected chi connectivity index (χ0v) is 14.0. The van der Waals surface area contributed by atoms with Gasteiger partial charge in [0.1, 0.15) is 17.9 Å². The Morgan fingerprint density at radius 3 is 2.79 bits per heavy atom. The molecule has 0 saturated carbocycles. The highest BCUT2D eigenvalue weighted by atomic mass is 16.5. The molecular formula is C16H24N4O4. The van der Waals surface area contributed by atoms with E-state index in [4.69, 9.17) is 15.2 Å². The molecule has 1 saturated heterocycles. The first-order valence-electron chi connectivity index (χ1n) is 7.77. The Hall–Kier alpha value is -2.16. The molecule has 0 bridgehead atoms. The molecule has 132 valence electrons. The van der Waals surface area contributed by atoms with E-state index in [0.717, 1.165) is 11.3 Å². The molecule has 1 fully saturated rings. The first-order valence-corrected chi connectivity index (χ1v) is 7.77. The normalized spacial score (nSPS) is 24.4. The van der Waals surface area contributed by atoms with Gasteiger partial charge in [-0.15, -0.1) is 0 Å². The molecule has 0 spiro atoms. The van der Waals surface area contributed by atoms with Gasteiger partial charge in [-0.25, -0.2) is 5.43 Å². The Morgan fingerprint density at radius 1 is 1.38 bits per heavy atom. The lowest BCUT2D eigenvalue weighted by molar-refractivity contribution is -0.133. The molecule has 0 aromatic heterocycles. The number of hydrazine groups is 1. The fraction of sp³-hybridized carbons (Fsp3) is 0.500. The number of benzene rings is 1. The van der Waals surface area contributed by atoms with Crippen LogP contribution in [0.2, 0.25) is 0 Å². The second-order valence-corrected chi connectivity index (χ2v) is 5.80. The average molecular weight is 336 g/mol. The summed E-state index contributed by atoms with van der Waals surface area (Å²) in [5, 5.41) is 2.80. The van der Waals surface area contributed by atoms with Crippen LogP contribution in [0.15, 0.2) is 24.3 Å². The van der Waals surface area contributed by atoms with Crippen LogP contribution in [0.25, 0.3) is 0 Å². The van der Waals surface area contributed by atoms with Gasteiger partial charge in [0, 0.05) is 6.04 Å². The van der Waals surface area contributed by atoms with Gasteiger partial charge < -0.3 is 20.5 Å². The van der Waals surface area contributed by atoms with Crippen molar-refractivity contribution in [3.8, 4) is 5.75 Å². The maximum atomic E-state index is 12.3. The Labute approximate surface area is 141 Å². The monoisotopic (exact) mass is 336 g/mol. The van der Waals surface area contributed by atoms with Crippen LogP contribution in [0.5, 0.6) is 5.75 Å². The second-order valence-electron chi connectivity index (χ2n) is 5.80. The summed E-state index contributed by atoms with van der Waals surface area (Å²) >= 11 is 0. The number of nitrogens with two attached hydrogens (primary N) is 1. The molecule has 0 aliphatic carbocycles. The third-order valence-electron chi connectivity index (χ3n) is 3.98. The molecule has 4 atom stereocenters. The van der Waals surface area contributed by atoms with Gasteiger partial charge in [0.15, 0.2) is 0 Å². The molecule has 8 nitrogen and oxygen atoms in total. The fourth-order valence-corrected chi connectivity index (χ4v) is 2.49. The van der Waals surface area contributed by atoms with Gasteiger partial charge in [-0.2, -0.15) is 0 Å². The Balaban J connectivity index is 1.88. The molecule has 1 aliphatic heterocycles. The largest absolute Gasteiger partial charge is 0.497 e. The first-order chi connectivity index (χ1) is 11.4. The van der Waals surface area contributed by atoms with Gasteiger partial charge in [0.2, 0.25) is 11.8 Å². The minimum atomic E-state index is -0.669. The van der Waals surface area contributed by atoms with Gasteiger partial charge in [0.05, 0.1) is 19.8 Å². The van der Waals surface area contributed by atoms with Crippen LogP contribution in [0.1, 0.15) is 19.4 Å². The first kappa shape index (κ1) is 18.2. The zero-order valence-electron chi connectivity index (χ0n) is 14.0. The summed E-state index contributed by atoms with van der Waals surface area (Å²) in [6.07, 6.45) is -0.669. The number of ether oxygens (including phenoxy) is 2. The molecular weight excluding hydrogens is 312 g/mol. The van der Waals surface area contributed by atoms with Crippen molar-refractivity contribution in [1.29, 1.82) is 0 Å². The molecule has 2 amide bonds. The summed E-state index contributed by atoms with van der Waals surface area (Å²) in [6, 6.07) is 6.22. The van der Waals surface area contributed by atoms with E-state index >= 15 is 0 Å². The highest BCUT2D eigenvalue weighted by Gasteiger charge is 2.38. The third-order valence-corrected chi connectivity index (χ3v) is 3.98. The molecule has 8 heteroatoms. The quantitative estimate of drug-likeness (QED) is 0.530. The van der Waals surface area contributed by atoms with E-state index in [1.54, 1.807) is 14.0 Å². The Kier molecular flexibility index (Phi) is 6.13. The van der Waals surface area contributed by atoms with E-state index in [0.29, 0.717) is 0 Å². The van der Waals surface area contributed by atoms with Crippen molar-refractivity contribution in [3.63, 3.8) is 0 Å². The summed E-state index contributed by atoms with van der Waals surface area (Å²) in [7, 11) is 1.59. The van der Waals surface area contributed by atoms with Crippen LogP contribution in [0, 0.1) is 0 Å². The summed E-state index contributed by atoms with van der Waals surface area (Å²) in [6.45, 7) is 3.79. The number of rotatable bonds is 7. The molecule has 5 N–H and O–H groups in total. The van der Waals surface area contributed by atoms with Crippen LogP contribution >= 0.6 is 0 Å². The number of methoxy groups -OCH3 is 1. The maximum absolute atomic E-state index is 12.3. The van der Waals surface area contributed by atoms with E-state index in [1.807, 2.05) is 31.2 Å². The summed E-state index contributed by atoms with van der Waals surface area (Å²) < 4.78 is 10.8. The fourth-order valence-electron chi connectivity index (χ4n) is 2.49. The predicted octanol–water partition coefficient (Wildman–Crippen LogP) is -0.565. The van der Waals surface area contributed by atoms with Crippen molar-refractivity contribution in [2.45, 2.75) is 44.7 Å². The third kappa shape index (κ3) is 4.44. The van der Waals surface area contributed by atoms with Gasteiger partial charge in [-0.3, -0.25) is 15.0 Å². The van der Waals surface area contributed by atoms with E-state index in [1.165, 1.54) is 0 Å². The van der Waals surface area contributed by atoms with E-state index < -0.39 is 24.1 Å². The Bertz CT molecular complexity index is 595. The van der Waals surface area contributed by atoms with Crippen molar-refractivity contribution < 1.29 is 19.1 Å². The lowest BCUT2D eigenvalue weighted by Gasteiger charge is -2.22. The number of nitrogens with one attached hydrogen (secondary N) is 3. The van der Waals surface area contributed by atoms with Crippen LogP contribution in [0.3, 0.4) is 0 Å². The molecule has 1 aromatic rings. The zero-order chi connectivity index (χ0) is 17.7. The van der Waals surface area contributed by atoms with Crippen LogP contribution in [-0.2, 0) is 20.9 Å². The van der Waals surface area contributed by atoms with Gasteiger partial charge in [-0.1, -0.05) is 12.1 Å². The minimum absolute atomic E-state index is 0.128. The van der Waals surface area contributed by atoms with Crippen LogP contribution in [-0.4, -0.2) is 43.2 Å². The number of carbonyl (C=O) groups is 2. The number of primary amides is 1. The number of amides is 2. The number of carbonyl (C=O) groups excluding carboxylic acids is 2. The SMILES string of the molecule is COc1cccc(COC(C)C(=O)NC2C(C)NNC2C(N)=O)c1. The standard InChI is InChI=1S/C16H24N4O4/c1-9-13(14(15(17)21)20-19-9)18-16(22)10(2)24-8-11-5-4-6-12(7-11)23-3/h4-7,9-10,13-14,19-20H,8H2,1-3H3,(H2,17,21)(H,18,22). The molecule has 1 aromatic carbocycles. The number of hydrogen-bond acceptors (Lipinski definition) is 6. The lowest BCUT2D eigenvalue weighted by atomic mass is 10.0. The molecule has 1 heterocycles. The summed E-state index contributed by atoms with van der Waals surface area (Å²) in [5.41, 5.74) is 11.9. The predicted molar refractivity (Wildman–Crippen MR) is 87.9 cm³/mol. The van der Waals surface area contributed by atoms with Crippen LogP contribution in [0.4, 0.5) is 0 Å². The van der Waals surface area contributed by atoms with Crippen molar-refractivity contribution in [2.24, 2.45) is 5.73 Å². The lowest BCUT2D eigenvalue weighted by Crippen LogP contribution is -2.54. The second kappa shape index (κ2) is 8.09. The Morgan fingerprint density at radius 2 is 2.12 bits per heavy atom. The van der Waals surface area contributed by atoms with Gasteiger partial charge in [-0.05, 0) is 31.5 Å². The topological polar surface area (TPSA) is 115 Å². The summed E-state index contributed by atoms with van der Waals surface area (Å²) in [4.78, 5) is 23.7. The molecule has 4 unspecified atom stereocenters. The molecule has 2 rings (SSSR count). The molecule has 1 aliphatic rings. The summed E-state index contributed by atoms with van der Waals surface area (Å²) in [5.74, 6) is -0.0944.